The van der Waals surface area contributed by atoms with Gasteiger partial charge in [0.2, 0.25) is 0 Å². The molecule has 0 saturated heterocycles. The maximum atomic E-state index is 14.3. The normalized spacial score (nSPS) is 13.9. The SMILES string of the molecule is O=C1C(Nc2ccc(F)c(F)c2)=C(c2ccc(F)cc2)C(=O)N1c1ccc(F)cc1F. The van der Waals surface area contributed by atoms with Gasteiger partial charge in [0.05, 0.1) is 11.3 Å². The van der Waals surface area contributed by atoms with Gasteiger partial charge in [0.25, 0.3) is 11.8 Å². The molecule has 1 aliphatic heterocycles. The van der Waals surface area contributed by atoms with Crippen molar-refractivity contribution >= 4 is 28.8 Å². The predicted molar refractivity (Wildman–Crippen MR) is 102 cm³/mol. The zero-order valence-corrected chi connectivity index (χ0v) is 15.4. The molecule has 1 aliphatic rings. The minimum Gasteiger partial charge on any atom is -0.350 e. The molecule has 3 aromatic carbocycles. The van der Waals surface area contributed by atoms with E-state index in [1.807, 2.05) is 0 Å². The molecule has 1 N–H and O–H groups in total. The minimum atomic E-state index is -1.20. The lowest BCUT2D eigenvalue weighted by atomic mass is 10.0. The van der Waals surface area contributed by atoms with Crippen LogP contribution in [0.3, 0.4) is 0 Å². The van der Waals surface area contributed by atoms with Crippen molar-refractivity contribution in [3.63, 3.8) is 0 Å². The third-order valence-corrected chi connectivity index (χ3v) is 4.56. The van der Waals surface area contributed by atoms with Crippen LogP contribution in [-0.4, -0.2) is 11.8 Å². The third-order valence-electron chi connectivity index (χ3n) is 4.56. The number of halogens is 5. The number of carbonyl (C=O) groups is 2. The first-order valence-corrected chi connectivity index (χ1v) is 8.82. The molecule has 0 unspecified atom stereocenters. The summed E-state index contributed by atoms with van der Waals surface area (Å²) in [5, 5.41) is 2.55. The van der Waals surface area contributed by atoms with Crippen LogP contribution in [0.5, 0.6) is 0 Å². The molecular weight excluding hydrogens is 419 g/mol. The van der Waals surface area contributed by atoms with E-state index in [1.54, 1.807) is 0 Å². The van der Waals surface area contributed by atoms with E-state index in [2.05, 4.69) is 5.32 Å². The number of hydrogen-bond acceptors (Lipinski definition) is 3. The number of anilines is 2. The Morgan fingerprint density at radius 1 is 0.645 bits per heavy atom. The number of amides is 2. The lowest BCUT2D eigenvalue weighted by Crippen LogP contribution is -2.33. The van der Waals surface area contributed by atoms with E-state index in [0.29, 0.717) is 11.0 Å². The molecule has 0 aromatic heterocycles. The molecule has 4 nitrogen and oxygen atoms in total. The third kappa shape index (κ3) is 3.65. The van der Waals surface area contributed by atoms with Gasteiger partial charge in [0, 0.05) is 17.8 Å². The summed E-state index contributed by atoms with van der Waals surface area (Å²) in [6.45, 7) is 0. The Morgan fingerprint density at radius 2 is 1.32 bits per heavy atom. The zero-order chi connectivity index (χ0) is 22.3. The van der Waals surface area contributed by atoms with Crippen molar-refractivity contribution in [3.05, 3.63) is 101 Å². The molecule has 156 valence electrons. The molecule has 0 saturated carbocycles. The van der Waals surface area contributed by atoms with Gasteiger partial charge in [0.1, 0.15) is 23.1 Å². The molecule has 9 heteroatoms. The van der Waals surface area contributed by atoms with Crippen LogP contribution in [-0.2, 0) is 9.59 Å². The smallest absolute Gasteiger partial charge is 0.282 e. The van der Waals surface area contributed by atoms with E-state index in [0.717, 1.165) is 42.5 Å². The highest BCUT2D eigenvalue weighted by atomic mass is 19.2. The standard InChI is InChI=1S/C22H11F5N2O2/c23-12-3-1-11(2-4-12)19-20(28-14-6-7-15(25)16(26)10-14)22(31)29(21(19)30)18-8-5-13(24)9-17(18)27/h1-10,28H. The average molecular weight is 430 g/mol. The summed E-state index contributed by atoms with van der Waals surface area (Å²) >= 11 is 0. The summed E-state index contributed by atoms with van der Waals surface area (Å²) in [6, 6.07) is 9.58. The van der Waals surface area contributed by atoms with Crippen molar-refractivity contribution in [1.82, 2.24) is 0 Å². The lowest BCUT2D eigenvalue weighted by Gasteiger charge is -2.16. The number of rotatable bonds is 4. The summed E-state index contributed by atoms with van der Waals surface area (Å²) in [7, 11) is 0. The van der Waals surface area contributed by atoms with Crippen molar-refractivity contribution in [2.45, 2.75) is 0 Å². The van der Waals surface area contributed by atoms with Gasteiger partial charge >= 0.3 is 0 Å². The fourth-order valence-corrected chi connectivity index (χ4v) is 3.13. The van der Waals surface area contributed by atoms with E-state index < -0.39 is 46.6 Å². The monoisotopic (exact) mass is 430 g/mol. The van der Waals surface area contributed by atoms with E-state index >= 15 is 0 Å². The average Bonchev–Trinajstić information content (AvgIpc) is 2.96. The van der Waals surface area contributed by atoms with Gasteiger partial charge in [-0.05, 0) is 42.0 Å². The highest BCUT2D eigenvalue weighted by Crippen LogP contribution is 2.35. The number of carbonyl (C=O) groups excluding carboxylic acids is 2. The minimum absolute atomic E-state index is 0.0592. The molecule has 0 spiro atoms. The van der Waals surface area contributed by atoms with Gasteiger partial charge in [-0.15, -0.1) is 0 Å². The van der Waals surface area contributed by atoms with Crippen LogP contribution in [0.1, 0.15) is 5.56 Å². The number of benzene rings is 3. The summed E-state index contributed by atoms with van der Waals surface area (Å²) in [4.78, 5) is 26.6. The molecule has 3 aromatic rings. The predicted octanol–water partition coefficient (Wildman–Crippen LogP) is 4.78. The lowest BCUT2D eigenvalue weighted by molar-refractivity contribution is -0.120. The summed E-state index contributed by atoms with van der Waals surface area (Å²) in [6.07, 6.45) is 0. The molecule has 1 heterocycles. The summed E-state index contributed by atoms with van der Waals surface area (Å²) in [5.74, 6) is -6.97. The summed E-state index contributed by atoms with van der Waals surface area (Å²) in [5.41, 5.74) is -1.06. The van der Waals surface area contributed by atoms with Crippen LogP contribution in [0.2, 0.25) is 0 Å². The van der Waals surface area contributed by atoms with Gasteiger partial charge in [-0.3, -0.25) is 9.59 Å². The highest BCUT2D eigenvalue weighted by Gasteiger charge is 2.41. The molecular formula is C22H11F5N2O2. The van der Waals surface area contributed by atoms with E-state index in [4.69, 9.17) is 0 Å². The second-order valence-corrected chi connectivity index (χ2v) is 6.55. The molecule has 0 aliphatic carbocycles. The number of hydrogen-bond donors (Lipinski definition) is 1. The van der Waals surface area contributed by atoms with Gasteiger partial charge in [0.15, 0.2) is 11.6 Å². The topological polar surface area (TPSA) is 49.4 Å². The first-order chi connectivity index (χ1) is 14.8. The Bertz CT molecular complexity index is 1260. The van der Waals surface area contributed by atoms with Crippen molar-refractivity contribution < 1.29 is 31.5 Å². The fourth-order valence-electron chi connectivity index (χ4n) is 3.13. The Labute approximate surface area is 172 Å². The molecule has 0 radical (unpaired) electrons. The van der Waals surface area contributed by atoms with Crippen LogP contribution < -0.4 is 10.2 Å². The van der Waals surface area contributed by atoms with Crippen molar-refractivity contribution in [1.29, 1.82) is 0 Å². The fraction of sp³-hybridized carbons (Fsp3) is 0. The Kier molecular flexibility index (Phi) is 5.02. The largest absolute Gasteiger partial charge is 0.350 e. The van der Waals surface area contributed by atoms with E-state index in [1.165, 1.54) is 12.1 Å². The molecule has 4 rings (SSSR count). The molecule has 0 fully saturated rings. The highest BCUT2D eigenvalue weighted by molar-refractivity contribution is 6.46. The van der Waals surface area contributed by atoms with Gasteiger partial charge in [-0.25, -0.2) is 26.9 Å². The van der Waals surface area contributed by atoms with E-state index in [-0.39, 0.29) is 22.5 Å². The summed E-state index contributed by atoms with van der Waals surface area (Å²) < 4.78 is 67.8. The second kappa shape index (κ2) is 7.67. The van der Waals surface area contributed by atoms with E-state index in [9.17, 15) is 31.5 Å². The zero-order valence-electron chi connectivity index (χ0n) is 15.4. The molecule has 31 heavy (non-hydrogen) atoms. The van der Waals surface area contributed by atoms with Crippen LogP contribution in [0.15, 0.2) is 66.4 Å². The maximum absolute atomic E-state index is 14.3. The number of nitrogens with one attached hydrogen (secondary N) is 1. The van der Waals surface area contributed by atoms with Crippen LogP contribution in [0.25, 0.3) is 5.57 Å². The van der Waals surface area contributed by atoms with Crippen molar-refractivity contribution in [2.24, 2.45) is 0 Å². The van der Waals surface area contributed by atoms with Gasteiger partial charge in [-0.1, -0.05) is 12.1 Å². The molecule has 2 amide bonds. The first-order valence-electron chi connectivity index (χ1n) is 8.82. The Balaban J connectivity index is 1.84. The van der Waals surface area contributed by atoms with Gasteiger partial charge < -0.3 is 5.32 Å². The van der Waals surface area contributed by atoms with Crippen molar-refractivity contribution in [2.75, 3.05) is 10.2 Å². The number of imide groups is 1. The quantitative estimate of drug-likeness (QED) is 0.479. The Morgan fingerprint density at radius 3 is 1.97 bits per heavy atom. The second-order valence-electron chi connectivity index (χ2n) is 6.55. The maximum Gasteiger partial charge on any atom is 0.282 e. The van der Waals surface area contributed by atoms with Gasteiger partial charge in [-0.2, -0.15) is 0 Å². The molecule has 0 bridgehead atoms. The van der Waals surface area contributed by atoms with Crippen LogP contribution in [0, 0.1) is 29.1 Å². The van der Waals surface area contributed by atoms with Crippen molar-refractivity contribution in [3.8, 4) is 0 Å². The Hall–Kier alpha value is -4.01. The van der Waals surface area contributed by atoms with Crippen LogP contribution >= 0.6 is 0 Å². The van der Waals surface area contributed by atoms with Crippen LogP contribution in [0.4, 0.5) is 33.3 Å². The first kappa shape index (κ1) is 20.3. The number of nitrogens with zero attached hydrogens (tertiary/aromatic N) is 1. The molecule has 0 atom stereocenters.